The van der Waals surface area contributed by atoms with Gasteiger partial charge in [-0.1, -0.05) is 36.4 Å². The number of methoxy groups -OCH3 is 2. The summed E-state index contributed by atoms with van der Waals surface area (Å²) in [7, 11) is 3.07. The molecular weight excluding hydrogens is 436 g/mol. The van der Waals surface area contributed by atoms with Gasteiger partial charge in [-0.2, -0.15) is 11.8 Å². The highest BCUT2D eigenvalue weighted by molar-refractivity contribution is 7.99. The molecule has 1 aliphatic carbocycles. The van der Waals surface area contributed by atoms with Gasteiger partial charge in [0.15, 0.2) is 0 Å². The van der Waals surface area contributed by atoms with E-state index in [0.29, 0.717) is 25.9 Å². The molecule has 0 spiro atoms. The molecule has 0 heterocycles. The largest absolute Gasteiger partial charge is 0.469 e. The first-order chi connectivity index (χ1) is 14.9. The number of aliphatic hydroxyl groups excluding tert-OH is 2. The maximum Gasteiger partial charge on any atom is 0.305 e. The van der Waals surface area contributed by atoms with Crippen molar-refractivity contribution in [2.45, 2.75) is 56.3 Å². The Labute approximate surface area is 195 Å². The van der Waals surface area contributed by atoms with Crippen molar-refractivity contribution >= 4 is 29.3 Å². The van der Waals surface area contributed by atoms with Gasteiger partial charge in [-0.25, -0.2) is 0 Å². The molecule has 0 aromatic heterocycles. The molecule has 2 rings (SSSR count). The summed E-state index contributed by atoms with van der Waals surface area (Å²) >= 11 is 8.32. The first-order valence-electron chi connectivity index (χ1n) is 10.8. The predicted molar refractivity (Wildman–Crippen MR) is 126 cm³/mol. The lowest BCUT2D eigenvalue weighted by Crippen LogP contribution is -2.20. The van der Waals surface area contributed by atoms with E-state index in [2.05, 4.69) is 4.74 Å². The highest BCUT2D eigenvalue weighted by Gasteiger charge is 2.39. The number of halogens is 1. The fourth-order valence-corrected chi connectivity index (χ4v) is 5.52. The average Bonchev–Trinajstić information content (AvgIpc) is 3.01. The minimum Gasteiger partial charge on any atom is -0.469 e. The zero-order chi connectivity index (χ0) is 22.6. The standard InChI is InChI=1S/C24H35ClO5S/c1-29-16-18-6-3-5-17(13-18)14-19(26)8-9-21-20(22(25)15-23(21)27)10-12-31-11-4-7-24(28)30-2/h3,5-6,8-9,13,19-23,26-27H,4,7,10-12,14-16H2,1-2H3/t19-,20-,21-,22-,23-/m1/s1. The summed E-state index contributed by atoms with van der Waals surface area (Å²) in [5, 5.41) is 20.9. The molecule has 31 heavy (non-hydrogen) atoms. The summed E-state index contributed by atoms with van der Waals surface area (Å²) in [5.74, 6) is 1.79. The summed E-state index contributed by atoms with van der Waals surface area (Å²) in [6.45, 7) is 0.549. The van der Waals surface area contributed by atoms with E-state index in [1.165, 1.54) is 7.11 Å². The third kappa shape index (κ3) is 9.15. The van der Waals surface area contributed by atoms with E-state index in [1.54, 1.807) is 24.9 Å². The third-order valence-electron chi connectivity index (χ3n) is 5.67. The maximum atomic E-state index is 11.2. The molecule has 0 radical (unpaired) electrons. The topological polar surface area (TPSA) is 76.0 Å². The van der Waals surface area contributed by atoms with Gasteiger partial charge in [0, 0.05) is 31.2 Å². The Morgan fingerprint density at radius 1 is 1.32 bits per heavy atom. The van der Waals surface area contributed by atoms with Gasteiger partial charge in [0.1, 0.15) is 0 Å². The van der Waals surface area contributed by atoms with E-state index < -0.39 is 12.2 Å². The van der Waals surface area contributed by atoms with Crippen LogP contribution in [0.5, 0.6) is 0 Å². The number of benzene rings is 1. The van der Waals surface area contributed by atoms with Crippen molar-refractivity contribution in [2.24, 2.45) is 11.8 Å². The Hall–Kier alpha value is -1.05. The molecule has 7 heteroatoms. The molecule has 0 bridgehead atoms. The van der Waals surface area contributed by atoms with Gasteiger partial charge >= 0.3 is 5.97 Å². The van der Waals surface area contributed by atoms with Crippen molar-refractivity contribution in [3.63, 3.8) is 0 Å². The van der Waals surface area contributed by atoms with Crippen molar-refractivity contribution in [3.8, 4) is 0 Å². The summed E-state index contributed by atoms with van der Waals surface area (Å²) in [6.07, 6.45) is 5.88. The molecule has 1 aromatic rings. The second-order valence-corrected chi connectivity index (χ2v) is 9.84. The van der Waals surface area contributed by atoms with Crippen LogP contribution in [0.3, 0.4) is 0 Å². The SMILES string of the molecule is COCc1cccc(C[C@H](O)C=C[C@@H]2[C@@H](CCSCCCC(=O)OC)[C@H](Cl)C[C@H]2O)c1. The van der Waals surface area contributed by atoms with Crippen molar-refractivity contribution in [3.05, 3.63) is 47.5 Å². The zero-order valence-electron chi connectivity index (χ0n) is 18.4. The number of carbonyl (C=O) groups is 1. The maximum absolute atomic E-state index is 11.2. The van der Waals surface area contributed by atoms with Gasteiger partial charge in [0.05, 0.1) is 25.9 Å². The highest BCUT2D eigenvalue weighted by Crippen LogP contribution is 2.39. The predicted octanol–water partition coefficient (Wildman–Crippen LogP) is 3.97. The van der Waals surface area contributed by atoms with Crippen LogP contribution >= 0.6 is 23.4 Å². The summed E-state index contributed by atoms with van der Waals surface area (Å²) in [4.78, 5) is 11.2. The molecule has 1 aromatic carbocycles. The van der Waals surface area contributed by atoms with Crippen molar-refractivity contribution in [1.82, 2.24) is 0 Å². The first kappa shape index (κ1) is 26.2. The lowest BCUT2D eigenvalue weighted by molar-refractivity contribution is -0.140. The molecule has 5 atom stereocenters. The van der Waals surface area contributed by atoms with Crippen LogP contribution in [0.25, 0.3) is 0 Å². The number of esters is 1. The summed E-state index contributed by atoms with van der Waals surface area (Å²) < 4.78 is 9.82. The smallest absolute Gasteiger partial charge is 0.305 e. The lowest BCUT2D eigenvalue weighted by atomic mass is 9.91. The van der Waals surface area contributed by atoms with Crippen molar-refractivity contribution < 1.29 is 24.5 Å². The number of carbonyl (C=O) groups excluding carboxylic acids is 1. The molecule has 0 amide bonds. The number of thioether (sulfide) groups is 1. The van der Waals surface area contributed by atoms with Gasteiger partial charge in [0.25, 0.3) is 0 Å². The van der Waals surface area contributed by atoms with Crippen molar-refractivity contribution in [1.29, 1.82) is 0 Å². The lowest BCUT2D eigenvalue weighted by Gasteiger charge is -2.21. The minimum atomic E-state index is -0.618. The van der Waals surface area contributed by atoms with Gasteiger partial charge in [-0.3, -0.25) is 4.79 Å². The number of aliphatic hydroxyl groups is 2. The fourth-order valence-electron chi connectivity index (χ4n) is 4.05. The number of hydrogen-bond acceptors (Lipinski definition) is 6. The Bertz CT molecular complexity index is 698. The van der Waals surface area contributed by atoms with E-state index >= 15 is 0 Å². The molecule has 5 nitrogen and oxygen atoms in total. The molecule has 1 fully saturated rings. The Kier molecular flexibility index (Phi) is 12.0. The molecular formula is C24H35ClO5S. The Morgan fingerprint density at radius 2 is 2.10 bits per heavy atom. The monoisotopic (exact) mass is 470 g/mol. The molecule has 2 N–H and O–H groups in total. The highest BCUT2D eigenvalue weighted by atomic mass is 35.5. The van der Waals surface area contributed by atoms with Crippen LogP contribution in [0.4, 0.5) is 0 Å². The van der Waals surface area contributed by atoms with Crippen LogP contribution in [-0.2, 0) is 27.3 Å². The first-order valence-corrected chi connectivity index (χ1v) is 12.4. The quantitative estimate of drug-likeness (QED) is 0.196. The molecule has 0 unspecified atom stereocenters. The number of alkyl halides is 1. The van der Waals surface area contributed by atoms with Gasteiger partial charge < -0.3 is 19.7 Å². The zero-order valence-corrected chi connectivity index (χ0v) is 20.0. The van der Waals surface area contributed by atoms with E-state index in [1.807, 2.05) is 30.3 Å². The van der Waals surface area contributed by atoms with Crippen LogP contribution in [0, 0.1) is 11.8 Å². The third-order valence-corrected chi connectivity index (χ3v) is 7.27. The number of ether oxygens (including phenoxy) is 2. The Balaban J connectivity index is 1.82. The van der Waals surface area contributed by atoms with Crippen LogP contribution in [-0.4, -0.2) is 59.5 Å². The molecule has 174 valence electrons. The number of hydrogen-bond donors (Lipinski definition) is 2. The summed E-state index contributed by atoms with van der Waals surface area (Å²) in [5.41, 5.74) is 2.13. The second-order valence-electron chi connectivity index (χ2n) is 8.05. The Morgan fingerprint density at radius 3 is 2.84 bits per heavy atom. The normalized spacial score (nSPS) is 24.5. The minimum absolute atomic E-state index is 0.0485. The van der Waals surface area contributed by atoms with Gasteiger partial charge in [-0.05, 0) is 47.8 Å². The average molecular weight is 471 g/mol. The van der Waals surface area contributed by atoms with Gasteiger partial charge in [0.2, 0.25) is 0 Å². The molecule has 0 aliphatic heterocycles. The van der Waals surface area contributed by atoms with E-state index in [0.717, 1.165) is 35.5 Å². The second kappa shape index (κ2) is 14.2. The van der Waals surface area contributed by atoms with Crippen LogP contribution in [0.2, 0.25) is 0 Å². The fraction of sp³-hybridized carbons (Fsp3) is 0.625. The van der Waals surface area contributed by atoms with Gasteiger partial charge in [-0.15, -0.1) is 11.6 Å². The van der Waals surface area contributed by atoms with E-state index in [4.69, 9.17) is 16.3 Å². The molecule has 1 saturated carbocycles. The summed E-state index contributed by atoms with van der Waals surface area (Å²) in [6, 6.07) is 8.01. The van der Waals surface area contributed by atoms with Crippen LogP contribution < -0.4 is 0 Å². The molecule has 0 saturated heterocycles. The molecule has 1 aliphatic rings. The van der Waals surface area contributed by atoms with Crippen LogP contribution in [0.15, 0.2) is 36.4 Å². The van der Waals surface area contributed by atoms with Crippen LogP contribution in [0.1, 0.15) is 36.8 Å². The van der Waals surface area contributed by atoms with E-state index in [-0.39, 0.29) is 23.2 Å². The van der Waals surface area contributed by atoms with Crippen molar-refractivity contribution in [2.75, 3.05) is 25.7 Å². The number of rotatable bonds is 13. The van der Waals surface area contributed by atoms with E-state index in [9.17, 15) is 15.0 Å².